The molecule has 0 spiro atoms. The Kier molecular flexibility index (Phi) is 5.83. The monoisotopic (exact) mass is 385 g/mol. The fraction of sp³-hybridized carbons (Fsp3) is 0.682. The van der Waals surface area contributed by atoms with Gasteiger partial charge in [0.25, 0.3) is 0 Å². The summed E-state index contributed by atoms with van der Waals surface area (Å²) in [5.74, 6) is 2.26. The number of aromatic nitrogens is 1. The summed E-state index contributed by atoms with van der Waals surface area (Å²) in [6.07, 6.45) is 7.68. The lowest BCUT2D eigenvalue weighted by Gasteiger charge is -2.37. The first-order valence-electron chi connectivity index (χ1n) is 10.7. The minimum Gasteiger partial charge on any atom is -0.477 e. The van der Waals surface area contributed by atoms with Crippen molar-refractivity contribution in [3.8, 4) is 5.88 Å². The van der Waals surface area contributed by atoms with Gasteiger partial charge >= 0.3 is 0 Å². The summed E-state index contributed by atoms with van der Waals surface area (Å²) >= 11 is 0. The van der Waals surface area contributed by atoms with Crippen LogP contribution in [0.3, 0.4) is 0 Å². The van der Waals surface area contributed by atoms with Gasteiger partial charge in [-0.05, 0) is 50.2 Å². The van der Waals surface area contributed by atoms with Crippen molar-refractivity contribution in [2.45, 2.75) is 45.4 Å². The minimum absolute atomic E-state index is 0.232. The molecule has 6 nitrogen and oxygen atoms in total. The first-order valence-corrected chi connectivity index (χ1v) is 10.7. The van der Waals surface area contributed by atoms with Crippen molar-refractivity contribution in [3.63, 3.8) is 0 Å². The van der Waals surface area contributed by atoms with E-state index < -0.39 is 0 Å². The number of hydrogen-bond acceptors (Lipinski definition) is 4. The van der Waals surface area contributed by atoms with Crippen LogP contribution in [-0.2, 0) is 9.59 Å². The van der Waals surface area contributed by atoms with Crippen LogP contribution in [0.15, 0.2) is 18.3 Å². The lowest BCUT2D eigenvalue weighted by atomic mass is 9.83. The van der Waals surface area contributed by atoms with Crippen LogP contribution in [-0.4, -0.2) is 59.4 Å². The highest BCUT2D eigenvalue weighted by Crippen LogP contribution is 2.30. The van der Waals surface area contributed by atoms with Gasteiger partial charge < -0.3 is 14.5 Å². The van der Waals surface area contributed by atoms with E-state index in [1.807, 2.05) is 24.0 Å². The van der Waals surface area contributed by atoms with Crippen molar-refractivity contribution in [1.82, 2.24) is 14.8 Å². The molecule has 2 saturated heterocycles. The third-order valence-corrected chi connectivity index (χ3v) is 6.51. The van der Waals surface area contributed by atoms with Crippen LogP contribution in [0.25, 0.3) is 0 Å². The van der Waals surface area contributed by atoms with Gasteiger partial charge in [0.05, 0.1) is 6.61 Å². The predicted octanol–water partition coefficient (Wildman–Crippen LogP) is 2.66. The molecule has 0 N–H and O–H groups in total. The molecule has 6 heteroatoms. The predicted molar refractivity (Wildman–Crippen MR) is 106 cm³/mol. The number of carbonyl (C=O) groups excluding carboxylic acids is 2. The second kappa shape index (κ2) is 8.50. The summed E-state index contributed by atoms with van der Waals surface area (Å²) in [6, 6.07) is 3.87. The molecule has 0 radical (unpaired) electrons. The molecule has 1 aromatic rings. The van der Waals surface area contributed by atoms with E-state index in [2.05, 4.69) is 9.88 Å². The summed E-state index contributed by atoms with van der Waals surface area (Å²) in [4.78, 5) is 33.1. The number of pyridine rings is 1. The van der Waals surface area contributed by atoms with Crippen LogP contribution >= 0.6 is 0 Å². The molecule has 2 amide bonds. The third kappa shape index (κ3) is 4.47. The van der Waals surface area contributed by atoms with E-state index in [1.165, 1.54) is 6.42 Å². The molecule has 3 heterocycles. The van der Waals surface area contributed by atoms with Crippen LogP contribution in [0.4, 0.5) is 0 Å². The molecule has 1 atom stereocenters. The number of piperidine rings is 1. The van der Waals surface area contributed by atoms with Gasteiger partial charge in [-0.25, -0.2) is 4.98 Å². The number of aryl methyl sites for hydroxylation is 1. The van der Waals surface area contributed by atoms with Crippen LogP contribution in [0.1, 0.15) is 44.1 Å². The van der Waals surface area contributed by atoms with Crippen molar-refractivity contribution >= 4 is 11.8 Å². The van der Waals surface area contributed by atoms with Crippen LogP contribution in [0, 0.1) is 24.7 Å². The van der Waals surface area contributed by atoms with Crippen molar-refractivity contribution in [3.05, 3.63) is 23.9 Å². The number of hydrogen-bond donors (Lipinski definition) is 0. The summed E-state index contributed by atoms with van der Waals surface area (Å²) in [7, 11) is 0. The van der Waals surface area contributed by atoms with Gasteiger partial charge in [-0.2, -0.15) is 0 Å². The normalized spacial score (nSPS) is 23.8. The Hall–Kier alpha value is -2.11. The van der Waals surface area contributed by atoms with E-state index in [4.69, 9.17) is 4.74 Å². The molecule has 0 aromatic carbocycles. The number of likely N-dealkylation sites (tertiary alicyclic amines) is 2. The first kappa shape index (κ1) is 19.2. The van der Waals surface area contributed by atoms with E-state index in [0.717, 1.165) is 57.4 Å². The molecule has 152 valence electrons. The van der Waals surface area contributed by atoms with Gasteiger partial charge in [0, 0.05) is 56.7 Å². The summed E-state index contributed by atoms with van der Waals surface area (Å²) in [5, 5.41) is 0. The van der Waals surface area contributed by atoms with E-state index in [1.54, 1.807) is 6.20 Å². The smallest absolute Gasteiger partial charge is 0.225 e. The molecular formula is C22H31N3O3. The zero-order valence-electron chi connectivity index (χ0n) is 16.8. The van der Waals surface area contributed by atoms with Crippen molar-refractivity contribution in [1.29, 1.82) is 0 Å². The van der Waals surface area contributed by atoms with E-state index in [-0.39, 0.29) is 11.8 Å². The van der Waals surface area contributed by atoms with Crippen LogP contribution < -0.4 is 4.74 Å². The maximum Gasteiger partial charge on any atom is 0.225 e. The van der Waals surface area contributed by atoms with Crippen molar-refractivity contribution < 1.29 is 14.3 Å². The number of ether oxygens (including phenoxy) is 1. The highest BCUT2D eigenvalue weighted by molar-refractivity contribution is 5.80. The Morgan fingerprint density at radius 1 is 1.21 bits per heavy atom. The topological polar surface area (TPSA) is 62.7 Å². The van der Waals surface area contributed by atoms with Gasteiger partial charge in [0.15, 0.2) is 0 Å². The van der Waals surface area contributed by atoms with Gasteiger partial charge in [-0.3, -0.25) is 9.59 Å². The first-order chi connectivity index (χ1) is 13.6. The van der Waals surface area contributed by atoms with Gasteiger partial charge in [0.2, 0.25) is 17.7 Å². The highest BCUT2D eigenvalue weighted by atomic mass is 16.5. The maximum atomic E-state index is 12.4. The largest absolute Gasteiger partial charge is 0.477 e. The Morgan fingerprint density at radius 2 is 2.00 bits per heavy atom. The average molecular weight is 386 g/mol. The zero-order valence-corrected chi connectivity index (χ0v) is 16.8. The fourth-order valence-electron chi connectivity index (χ4n) is 4.49. The van der Waals surface area contributed by atoms with E-state index >= 15 is 0 Å². The van der Waals surface area contributed by atoms with Crippen molar-refractivity contribution in [2.24, 2.45) is 17.8 Å². The van der Waals surface area contributed by atoms with Gasteiger partial charge in [-0.15, -0.1) is 0 Å². The Morgan fingerprint density at radius 3 is 2.68 bits per heavy atom. The molecule has 1 unspecified atom stereocenters. The van der Waals surface area contributed by atoms with Gasteiger partial charge in [0.1, 0.15) is 0 Å². The SMILES string of the molecule is Cc1ccnc(OCC2CC(=O)N(CC3CCN(C(=O)C4CCC4)CC3)C2)c1. The second-order valence-electron chi connectivity index (χ2n) is 8.75. The van der Waals surface area contributed by atoms with Crippen LogP contribution in [0.5, 0.6) is 5.88 Å². The molecule has 28 heavy (non-hydrogen) atoms. The summed E-state index contributed by atoms with van der Waals surface area (Å²) < 4.78 is 5.80. The molecule has 1 aliphatic carbocycles. The van der Waals surface area contributed by atoms with Gasteiger partial charge in [-0.1, -0.05) is 6.42 Å². The Balaban J connectivity index is 1.20. The number of rotatable bonds is 6. The molecule has 0 bridgehead atoms. The maximum absolute atomic E-state index is 12.4. The van der Waals surface area contributed by atoms with Crippen molar-refractivity contribution in [2.75, 3.05) is 32.8 Å². The van der Waals surface area contributed by atoms with E-state index in [0.29, 0.717) is 36.7 Å². The second-order valence-corrected chi connectivity index (χ2v) is 8.75. The fourth-order valence-corrected chi connectivity index (χ4v) is 4.49. The standard InChI is InChI=1S/C22H31N3O3/c1-16-5-8-23-20(11-16)28-15-18-12-21(26)25(14-18)13-17-6-9-24(10-7-17)22(27)19-3-2-4-19/h5,8,11,17-19H,2-4,6-7,9-10,12-15H2,1H3. The lowest BCUT2D eigenvalue weighted by molar-refractivity contribution is -0.140. The number of amides is 2. The zero-order chi connectivity index (χ0) is 19.5. The quantitative estimate of drug-likeness (QED) is 0.755. The molecule has 3 fully saturated rings. The Bertz CT molecular complexity index is 711. The highest BCUT2D eigenvalue weighted by Gasteiger charge is 2.35. The molecule has 3 aliphatic rings. The molecular weight excluding hydrogens is 354 g/mol. The minimum atomic E-state index is 0.232. The third-order valence-electron chi connectivity index (χ3n) is 6.51. The summed E-state index contributed by atoms with van der Waals surface area (Å²) in [6.45, 7) is 5.85. The Labute approximate surface area is 167 Å². The molecule has 1 saturated carbocycles. The summed E-state index contributed by atoms with van der Waals surface area (Å²) in [5.41, 5.74) is 1.12. The van der Waals surface area contributed by atoms with E-state index in [9.17, 15) is 9.59 Å². The van der Waals surface area contributed by atoms with Crippen LogP contribution in [0.2, 0.25) is 0 Å². The number of nitrogens with zero attached hydrogens (tertiary/aromatic N) is 3. The molecule has 1 aromatic heterocycles. The average Bonchev–Trinajstić information content (AvgIpc) is 2.99. The molecule has 2 aliphatic heterocycles. The number of carbonyl (C=O) groups is 2. The molecule has 4 rings (SSSR count). The lowest BCUT2D eigenvalue weighted by Crippen LogP contribution is -2.45.